The van der Waals surface area contributed by atoms with Crippen molar-refractivity contribution in [2.45, 2.75) is 26.7 Å². The van der Waals surface area contributed by atoms with Crippen molar-refractivity contribution in [3.63, 3.8) is 0 Å². The molecule has 1 aliphatic heterocycles. The van der Waals surface area contributed by atoms with Gasteiger partial charge in [-0.2, -0.15) is 0 Å². The Morgan fingerprint density at radius 1 is 1.00 bits per heavy atom. The lowest BCUT2D eigenvalue weighted by Gasteiger charge is -2.35. The number of aromatic nitrogens is 3. The first-order valence-electron chi connectivity index (χ1n) is 9.75. The number of carbonyl (C=O) groups is 1. The van der Waals surface area contributed by atoms with Crippen LogP contribution in [0.15, 0.2) is 36.8 Å². The summed E-state index contributed by atoms with van der Waals surface area (Å²) in [6.45, 7) is 9.05. The van der Waals surface area contributed by atoms with Gasteiger partial charge in [0.1, 0.15) is 5.82 Å². The third-order valence-electron chi connectivity index (χ3n) is 4.70. The van der Waals surface area contributed by atoms with Crippen LogP contribution in [0.3, 0.4) is 0 Å². The molecule has 144 valence electrons. The second kappa shape index (κ2) is 9.30. The maximum absolute atomic E-state index is 12.8. The first kappa shape index (κ1) is 19.1. The molecule has 27 heavy (non-hydrogen) atoms. The molecule has 1 fully saturated rings. The van der Waals surface area contributed by atoms with Crippen molar-refractivity contribution < 1.29 is 4.79 Å². The highest BCUT2D eigenvalue weighted by Gasteiger charge is 2.23. The van der Waals surface area contributed by atoms with E-state index in [1.807, 2.05) is 23.1 Å². The molecule has 1 saturated heterocycles. The van der Waals surface area contributed by atoms with E-state index in [1.54, 1.807) is 18.6 Å². The van der Waals surface area contributed by atoms with Crippen LogP contribution in [0.4, 0.5) is 11.8 Å². The predicted octanol–water partition coefficient (Wildman–Crippen LogP) is 2.46. The van der Waals surface area contributed by atoms with E-state index in [0.717, 1.165) is 44.8 Å². The van der Waals surface area contributed by atoms with Crippen molar-refractivity contribution in [3.05, 3.63) is 42.4 Å². The SMILES string of the molecule is CCCN(CCC)c1ncc(C(=O)N2CCN(c3ccccn3)CC2)cn1. The predicted molar refractivity (Wildman–Crippen MR) is 107 cm³/mol. The number of hydrogen-bond acceptors (Lipinski definition) is 6. The highest BCUT2D eigenvalue weighted by molar-refractivity contribution is 5.93. The van der Waals surface area contributed by atoms with Gasteiger partial charge in [0.15, 0.2) is 0 Å². The van der Waals surface area contributed by atoms with Gasteiger partial charge in [0.2, 0.25) is 5.95 Å². The summed E-state index contributed by atoms with van der Waals surface area (Å²) in [5.41, 5.74) is 0.554. The van der Waals surface area contributed by atoms with Gasteiger partial charge >= 0.3 is 0 Å². The zero-order valence-electron chi connectivity index (χ0n) is 16.2. The number of anilines is 2. The molecule has 0 bridgehead atoms. The van der Waals surface area contributed by atoms with Crippen molar-refractivity contribution in [1.82, 2.24) is 19.9 Å². The average Bonchev–Trinajstić information content (AvgIpc) is 2.74. The minimum Gasteiger partial charge on any atom is -0.353 e. The zero-order chi connectivity index (χ0) is 19.1. The molecule has 0 unspecified atom stereocenters. The Balaban J connectivity index is 1.60. The van der Waals surface area contributed by atoms with Crippen LogP contribution in [0.1, 0.15) is 37.0 Å². The second-order valence-corrected chi connectivity index (χ2v) is 6.73. The Morgan fingerprint density at radius 2 is 1.67 bits per heavy atom. The van der Waals surface area contributed by atoms with Crippen LogP contribution >= 0.6 is 0 Å². The van der Waals surface area contributed by atoms with Crippen LogP contribution in [0.25, 0.3) is 0 Å². The van der Waals surface area contributed by atoms with Gasteiger partial charge in [0.05, 0.1) is 5.56 Å². The van der Waals surface area contributed by atoms with E-state index in [0.29, 0.717) is 24.6 Å². The summed E-state index contributed by atoms with van der Waals surface area (Å²) in [6, 6.07) is 5.90. The van der Waals surface area contributed by atoms with E-state index in [2.05, 4.69) is 38.6 Å². The Bertz CT molecular complexity index is 707. The molecule has 7 nitrogen and oxygen atoms in total. The standard InChI is InChI=1S/C20H28N6O/c1-3-9-26(10-4-2)20-22-15-17(16-23-20)19(27)25-13-11-24(12-14-25)18-7-5-6-8-21-18/h5-8,15-16H,3-4,9-14H2,1-2H3. The largest absolute Gasteiger partial charge is 0.353 e. The van der Waals surface area contributed by atoms with Crippen molar-refractivity contribution in [1.29, 1.82) is 0 Å². The molecular weight excluding hydrogens is 340 g/mol. The molecule has 0 N–H and O–H groups in total. The number of nitrogens with zero attached hydrogens (tertiary/aromatic N) is 6. The molecule has 2 aromatic heterocycles. The number of amides is 1. The molecule has 2 aromatic rings. The van der Waals surface area contributed by atoms with E-state index in [9.17, 15) is 4.79 Å². The third-order valence-corrected chi connectivity index (χ3v) is 4.70. The molecule has 3 rings (SSSR count). The lowest BCUT2D eigenvalue weighted by atomic mass is 10.2. The van der Waals surface area contributed by atoms with E-state index >= 15 is 0 Å². The highest BCUT2D eigenvalue weighted by atomic mass is 16.2. The summed E-state index contributed by atoms with van der Waals surface area (Å²) < 4.78 is 0. The van der Waals surface area contributed by atoms with Gasteiger partial charge in [-0.1, -0.05) is 19.9 Å². The lowest BCUT2D eigenvalue weighted by Crippen LogP contribution is -2.49. The van der Waals surface area contributed by atoms with Crippen LogP contribution in [0.2, 0.25) is 0 Å². The van der Waals surface area contributed by atoms with Gasteiger partial charge in [0, 0.05) is 57.9 Å². The number of carbonyl (C=O) groups excluding carboxylic acids is 1. The lowest BCUT2D eigenvalue weighted by molar-refractivity contribution is 0.0745. The fraction of sp³-hybridized carbons (Fsp3) is 0.500. The number of piperazine rings is 1. The molecule has 0 aliphatic carbocycles. The van der Waals surface area contributed by atoms with Gasteiger partial charge in [-0.05, 0) is 25.0 Å². The van der Waals surface area contributed by atoms with Gasteiger partial charge in [-0.3, -0.25) is 4.79 Å². The van der Waals surface area contributed by atoms with Crippen molar-refractivity contribution in [2.24, 2.45) is 0 Å². The maximum atomic E-state index is 12.8. The highest BCUT2D eigenvalue weighted by Crippen LogP contribution is 2.15. The van der Waals surface area contributed by atoms with E-state index in [-0.39, 0.29) is 5.91 Å². The number of hydrogen-bond donors (Lipinski definition) is 0. The molecule has 0 spiro atoms. The van der Waals surface area contributed by atoms with Crippen molar-refractivity contribution >= 4 is 17.7 Å². The molecule has 1 amide bonds. The van der Waals surface area contributed by atoms with Crippen LogP contribution in [-0.2, 0) is 0 Å². The van der Waals surface area contributed by atoms with Crippen molar-refractivity contribution in [3.8, 4) is 0 Å². The van der Waals surface area contributed by atoms with E-state index < -0.39 is 0 Å². The molecule has 0 atom stereocenters. The van der Waals surface area contributed by atoms with Crippen LogP contribution in [-0.4, -0.2) is 65.0 Å². The summed E-state index contributed by atoms with van der Waals surface area (Å²) >= 11 is 0. The van der Waals surface area contributed by atoms with Crippen LogP contribution in [0.5, 0.6) is 0 Å². The summed E-state index contributed by atoms with van der Waals surface area (Å²) in [6.07, 6.45) is 7.21. The third kappa shape index (κ3) is 4.72. The van der Waals surface area contributed by atoms with Crippen molar-refractivity contribution in [2.75, 3.05) is 49.1 Å². The molecule has 7 heteroatoms. The van der Waals surface area contributed by atoms with E-state index in [1.165, 1.54) is 0 Å². The Morgan fingerprint density at radius 3 is 2.22 bits per heavy atom. The topological polar surface area (TPSA) is 65.5 Å². The maximum Gasteiger partial charge on any atom is 0.257 e. The molecule has 3 heterocycles. The average molecular weight is 368 g/mol. The summed E-state index contributed by atoms with van der Waals surface area (Å²) in [5.74, 6) is 1.67. The fourth-order valence-electron chi connectivity index (χ4n) is 3.31. The Hall–Kier alpha value is -2.70. The molecule has 0 aromatic carbocycles. The monoisotopic (exact) mass is 368 g/mol. The first-order chi connectivity index (χ1) is 13.2. The second-order valence-electron chi connectivity index (χ2n) is 6.73. The summed E-state index contributed by atoms with van der Waals surface area (Å²) in [4.78, 5) is 32.3. The fourth-order valence-corrected chi connectivity index (χ4v) is 3.31. The number of rotatable bonds is 7. The zero-order valence-corrected chi connectivity index (χ0v) is 16.2. The van der Waals surface area contributed by atoms with Crippen LogP contribution < -0.4 is 9.80 Å². The quantitative estimate of drug-likeness (QED) is 0.748. The molecule has 0 radical (unpaired) electrons. The molecular formula is C20H28N6O. The minimum atomic E-state index is -0.000228. The smallest absolute Gasteiger partial charge is 0.257 e. The number of pyridine rings is 1. The Kier molecular flexibility index (Phi) is 6.57. The van der Waals surface area contributed by atoms with Gasteiger partial charge < -0.3 is 14.7 Å². The normalized spacial score (nSPS) is 14.3. The molecule has 1 aliphatic rings. The van der Waals surface area contributed by atoms with Gasteiger partial charge in [0.25, 0.3) is 5.91 Å². The van der Waals surface area contributed by atoms with Gasteiger partial charge in [-0.25, -0.2) is 15.0 Å². The van der Waals surface area contributed by atoms with Crippen LogP contribution in [0, 0.1) is 0 Å². The van der Waals surface area contributed by atoms with E-state index in [4.69, 9.17) is 0 Å². The van der Waals surface area contributed by atoms with Gasteiger partial charge in [-0.15, -0.1) is 0 Å². The summed E-state index contributed by atoms with van der Waals surface area (Å²) in [5, 5.41) is 0. The molecule has 0 saturated carbocycles. The first-order valence-corrected chi connectivity index (χ1v) is 9.75. The minimum absolute atomic E-state index is 0.000228. The Labute approximate surface area is 161 Å². The summed E-state index contributed by atoms with van der Waals surface area (Å²) in [7, 11) is 0.